The smallest absolute Gasteiger partial charge is 0.328 e. The number of piperidine rings is 1. The Bertz CT molecular complexity index is 963. The number of aromatic nitrogens is 2. The van der Waals surface area contributed by atoms with E-state index in [1.54, 1.807) is 11.8 Å². The van der Waals surface area contributed by atoms with E-state index in [0.29, 0.717) is 45.3 Å². The van der Waals surface area contributed by atoms with Gasteiger partial charge in [-0.3, -0.25) is 23.9 Å². The minimum atomic E-state index is -1.29. The van der Waals surface area contributed by atoms with E-state index in [1.165, 1.54) is 23.8 Å². The molecule has 0 aliphatic carbocycles. The standard InChI is InChI=1S/C22H35N5O6/c1-15(28)24-16(5-3-4-9-23)19(30)26-11-7-22(8-12-26)13-17(21(2,32)14-33-22)27-10-6-18(29)25-20(27)31/h6,10,16-17,32H,3-5,7-9,11-14,23H2,1-2H3,(H,24,28)(H,25,29,31)/t16-,17-,21-/m0/s1. The van der Waals surface area contributed by atoms with Crippen LogP contribution >= 0.6 is 0 Å². The fraction of sp³-hybridized carbons (Fsp3) is 0.727. The van der Waals surface area contributed by atoms with Gasteiger partial charge >= 0.3 is 5.69 Å². The van der Waals surface area contributed by atoms with Crippen molar-refractivity contribution in [2.45, 2.75) is 75.7 Å². The van der Waals surface area contributed by atoms with Crippen LogP contribution in [-0.2, 0) is 14.3 Å². The summed E-state index contributed by atoms with van der Waals surface area (Å²) >= 11 is 0. The Morgan fingerprint density at radius 3 is 2.64 bits per heavy atom. The van der Waals surface area contributed by atoms with Crippen molar-refractivity contribution in [3.8, 4) is 0 Å². The number of hydrogen-bond donors (Lipinski definition) is 4. The number of unbranched alkanes of at least 4 members (excludes halogenated alkanes) is 1. The summed E-state index contributed by atoms with van der Waals surface area (Å²) in [5.41, 5.74) is 2.59. The highest BCUT2D eigenvalue weighted by atomic mass is 16.5. The number of amides is 2. The Balaban J connectivity index is 1.70. The van der Waals surface area contributed by atoms with E-state index in [0.717, 1.165) is 12.8 Å². The van der Waals surface area contributed by atoms with Crippen LogP contribution in [0.4, 0.5) is 0 Å². The second kappa shape index (κ2) is 10.2. The minimum Gasteiger partial charge on any atom is -0.386 e. The number of nitrogens with one attached hydrogen (secondary N) is 2. The van der Waals surface area contributed by atoms with E-state index in [-0.39, 0.29) is 18.4 Å². The fourth-order valence-electron chi connectivity index (χ4n) is 4.80. The third-order valence-corrected chi connectivity index (χ3v) is 6.75. The molecule has 11 heteroatoms. The predicted molar refractivity (Wildman–Crippen MR) is 121 cm³/mol. The van der Waals surface area contributed by atoms with Gasteiger partial charge in [-0.05, 0) is 45.6 Å². The number of rotatable bonds is 7. The van der Waals surface area contributed by atoms with Crippen LogP contribution in [0.15, 0.2) is 21.9 Å². The van der Waals surface area contributed by atoms with Crippen LogP contribution in [0, 0.1) is 0 Å². The molecule has 2 aliphatic heterocycles. The molecular formula is C22H35N5O6. The molecular weight excluding hydrogens is 430 g/mol. The first kappa shape index (κ1) is 25.1. The third-order valence-electron chi connectivity index (χ3n) is 6.75. The monoisotopic (exact) mass is 465 g/mol. The zero-order valence-corrected chi connectivity index (χ0v) is 19.3. The molecule has 184 valence electrons. The van der Waals surface area contributed by atoms with Crippen molar-refractivity contribution >= 4 is 11.8 Å². The fourth-order valence-corrected chi connectivity index (χ4v) is 4.80. The highest BCUT2D eigenvalue weighted by molar-refractivity contribution is 5.86. The van der Waals surface area contributed by atoms with Gasteiger partial charge in [-0.15, -0.1) is 0 Å². The molecule has 3 rings (SSSR count). The van der Waals surface area contributed by atoms with E-state index < -0.39 is 34.5 Å². The molecule has 5 N–H and O–H groups in total. The van der Waals surface area contributed by atoms with Gasteiger partial charge in [0.05, 0.1) is 18.2 Å². The number of aromatic amines is 1. The van der Waals surface area contributed by atoms with Gasteiger partial charge in [-0.25, -0.2) is 4.79 Å². The average Bonchev–Trinajstić information content (AvgIpc) is 2.75. The lowest BCUT2D eigenvalue weighted by atomic mass is 9.77. The van der Waals surface area contributed by atoms with Crippen molar-refractivity contribution in [3.63, 3.8) is 0 Å². The second-order valence-electron chi connectivity index (χ2n) is 9.43. The highest BCUT2D eigenvalue weighted by Crippen LogP contribution is 2.43. The number of likely N-dealkylation sites (tertiary alicyclic amines) is 1. The Kier molecular flexibility index (Phi) is 7.76. The van der Waals surface area contributed by atoms with Crippen LogP contribution < -0.4 is 22.3 Å². The maximum atomic E-state index is 13.1. The summed E-state index contributed by atoms with van der Waals surface area (Å²) in [5.74, 6) is -0.366. The van der Waals surface area contributed by atoms with Crippen molar-refractivity contribution in [1.29, 1.82) is 0 Å². The van der Waals surface area contributed by atoms with Gasteiger partial charge in [0.2, 0.25) is 11.8 Å². The minimum absolute atomic E-state index is 0.0325. The summed E-state index contributed by atoms with van der Waals surface area (Å²) in [4.78, 5) is 52.5. The molecule has 0 unspecified atom stereocenters. The van der Waals surface area contributed by atoms with Crippen LogP contribution in [0.3, 0.4) is 0 Å². The van der Waals surface area contributed by atoms with E-state index in [2.05, 4.69) is 10.3 Å². The number of carbonyl (C=O) groups is 2. The summed E-state index contributed by atoms with van der Waals surface area (Å²) in [6.45, 7) is 4.47. The topological polar surface area (TPSA) is 160 Å². The maximum absolute atomic E-state index is 13.1. The molecule has 1 aromatic rings. The summed E-state index contributed by atoms with van der Waals surface area (Å²) < 4.78 is 7.47. The van der Waals surface area contributed by atoms with Crippen LogP contribution in [0.2, 0.25) is 0 Å². The summed E-state index contributed by atoms with van der Waals surface area (Å²) in [5, 5.41) is 13.7. The molecule has 0 aromatic carbocycles. The molecule has 2 aliphatic rings. The molecule has 0 saturated carbocycles. The second-order valence-corrected chi connectivity index (χ2v) is 9.43. The van der Waals surface area contributed by atoms with E-state index in [9.17, 15) is 24.3 Å². The van der Waals surface area contributed by atoms with Crippen molar-refractivity contribution in [3.05, 3.63) is 33.1 Å². The van der Waals surface area contributed by atoms with Gasteiger partial charge in [0, 0.05) is 38.7 Å². The van der Waals surface area contributed by atoms with Gasteiger partial charge in [0.15, 0.2) is 0 Å². The number of nitrogens with two attached hydrogens (primary N) is 1. The van der Waals surface area contributed by atoms with E-state index in [1.807, 2.05) is 0 Å². The SMILES string of the molecule is CC(=O)N[C@@H](CCCCN)C(=O)N1CCC2(CC1)C[C@H](n1ccc(=O)[nH]c1=O)[C@@](C)(O)CO2. The molecule has 1 aromatic heterocycles. The number of aliphatic hydroxyl groups is 1. The first-order valence-electron chi connectivity index (χ1n) is 11.5. The first-order valence-corrected chi connectivity index (χ1v) is 11.5. The van der Waals surface area contributed by atoms with Crippen molar-refractivity contribution in [1.82, 2.24) is 19.8 Å². The molecule has 2 saturated heterocycles. The number of carbonyl (C=O) groups excluding carboxylic acids is 2. The Morgan fingerprint density at radius 1 is 1.33 bits per heavy atom. The molecule has 0 radical (unpaired) electrons. The Morgan fingerprint density at radius 2 is 2.03 bits per heavy atom. The Labute approximate surface area is 192 Å². The number of nitrogens with zero attached hydrogens (tertiary/aromatic N) is 2. The quantitative estimate of drug-likeness (QED) is 0.385. The molecule has 3 heterocycles. The number of H-pyrrole nitrogens is 1. The average molecular weight is 466 g/mol. The lowest BCUT2D eigenvalue weighted by Gasteiger charge is -2.51. The van der Waals surface area contributed by atoms with Crippen molar-refractivity contribution in [2.24, 2.45) is 5.73 Å². The third kappa shape index (κ3) is 5.90. The summed E-state index contributed by atoms with van der Waals surface area (Å²) in [7, 11) is 0. The van der Waals surface area contributed by atoms with E-state index in [4.69, 9.17) is 10.5 Å². The van der Waals surface area contributed by atoms with Gasteiger partial charge in [0.1, 0.15) is 11.6 Å². The lowest BCUT2D eigenvalue weighted by Crippen LogP contribution is -2.60. The molecule has 11 nitrogen and oxygen atoms in total. The summed E-state index contributed by atoms with van der Waals surface area (Å²) in [6, 6.07) is 0.0955. The van der Waals surface area contributed by atoms with Crippen LogP contribution in [0.25, 0.3) is 0 Å². The lowest BCUT2D eigenvalue weighted by molar-refractivity contribution is -0.202. The van der Waals surface area contributed by atoms with E-state index >= 15 is 0 Å². The Hall–Kier alpha value is -2.50. The summed E-state index contributed by atoms with van der Waals surface area (Å²) in [6.07, 6.45) is 4.92. The van der Waals surface area contributed by atoms with Gasteiger partial charge in [-0.1, -0.05) is 0 Å². The normalized spacial score (nSPS) is 25.6. The van der Waals surface area contributed by atoms with Crippen LogP contribution in [0.1, 0.15) is 58.4 Å². The molecule has 2 amide bonds. The predicted octanol–water partition coefficient (Wildman–Crippen LogP) is -0.756. The van der Waals surface area contributed by atoms with Gasteiger partial charge < -0.3 is 25.8 Å². The molecule has 3 atom stereocenters. The van der Waals surface area contributed by atoms with Crippen molar-refractivity contribution < 1.29 is 19.4 Å². The van der Waals surface area contributed by atoms with Gasteiger partial charge in [0.25, 0.3) is 5.56 Å². The number of ether oxygens (including phenoxy) is 1. The van der Waals surface area contributed by atoms with Crippen molar-refractivity contribution in [2.75, 3.05) is 26.2 Å². The maximum Gasteiger partial charge on any atom is 0.328 e. The highest BCUT2D eigenvalue weighted by Gasteiger charge is 2.50. The largest absolute Gasteiger partial charge is 0.386 e. The number of hydrogen-bond acceptors (Lipinski definition) is 7. The van der Waals surface area contributed by atoms with Crippen LogP contribution in [-0.4, -0.2) is 74.9 Å². The van der Waals surface area contributed by atoms with Crippen LogP contribution in [0.5, 0.6) is 0 Å². The molecule has 0 bridgehead atoms. The molecule has 33 heavy (non-hydrogen) atoms. The van der Waals surface area contributed by atoms with Gasteiger partial charge in [-0.2, -0.15) is 0 Å². The molecule has 2 fully saturated rings. The molecule has 1 spiro atoms. The first-order chi connectivity index (χ1) is 15.6. The zero-order valence-electron chi connectivity index (χ0n) is 19.3. The zero-order chi connectivity index (χ0) is 24.2.